The van der Waals surface area contributed by atoms with E-state index in [1.165, 1.54) is 13.8 Å². The molecule has 8 nitrogen and oxygen atoms in total. The molecular formula is C11H15F3O8S. The Kier molecular flexibility index (Phi) is 4.67. The van der Waals surface area contributed by atoms with Gasteiger partial charge in [-0.15, -0.1) is 0 Å². The maximum Gasteiger partial charge on any atom is 0.523 e. The molecule has 23 heavy (non-hydrogen) atoms. The van der Waals surface area contributed by atoms with Gasteiger partial charge in [-0.25, -0.2) is 0 Å². The van der Waals surface area contributed by atoms with Crippen LogP contribution in [-0.4, -0.2) is 56.9 Å². The second-order valence-electron chi connectivity index (χ2n) is 5.41. The Morgan fingerprint density at radius 3 is 2.39 bits per heavy atom. The number of carbonyl (C=O) groups is 1. The second-order valence-corrected chi connectivity index (χ2v) is 6.97. The summed E-state index contributed by atoms with van der Waals surface area (Å²) in [4.78, 5) is 10.8. The van der Waals surface area contributed by atoms with E-state index in [2.05, 4.69) is 8.92 Å². The molecule has 2 aliphatic rings. The van der Waals surface area contributed by atoms with Gasteiger partial charge in [-0.1, -0.05) is 0 Å². The number of hydrogen-bond donors (Lipinski definition) is 0. The van der Waals surface area contributed by atoms with E-state index in [1.807, 2.05) is 0 Å². The SMILES string of the molecule is CC(=O)OCC1O[C@@H]2OC(C)(C)O[C@@H]2[C@@H]1OS(=O)(=O)C(F)(F)F. The Hall–Kier alpha value is -0.950. The van der Waals surface area contributed by atoms with E-state index in [4.69, 9.17) is 14.2 Å². The molecule has 0 amide bonds. The van der Waals surface area contributed by atoms with Crippen molar-refractivity contribution in [2.75, 3.05) is 6.61 Å². The molecule has 2 rings (SSSR count). The molecule has 2 fully saturated rings. The zero-order valence-corrected chi connectivity index (χ0v) is 13.1. The van der Waals surface area contributed by atoms with Gasteiger partial charge in [0.1, 0.15) is 24.9 Å². The molecule has 134 valence electrons. The molecule has 4 atom stereocenters. The first-order valence-electron chi connectivity index (χ1n) is 6.46. The molecule has 0 aromatic carbocycles. The third kappa shape index (κ3) is 3.94. The summed E-state index contributed by atoms with van der Waals surface area (Å²) in [5, 5.41) is 0. The van der Waals surface area contributed by atoms with Crippen LogP contribution < -0.4 is 0 Å². The van der Waals surface area contributed by atoms with Crippen LogP contribution in [0.4, 0.5) is 13.2 Å². The van der Waals surface area contributed by atoms with Crippen molar-refractivity contribution in [3.05, 3.63) is 0 Å². The number of rotatable bonds is 4. The van der Waals surface area contributed by atoms with Crippen molar-refractivity contribution in [2.24, 2.45) is 0 Å². The first kappa shape index (κ1) is 18.4. The van der Waals surface area contributed by atoms with Crippen LogP contribution in [0.25, 0.3) is 0 Å². The molecule has 2 saturated heterocycles. The number of hydrogen-bond acceptors (Lipinski definition) is 8. The van der Waals surface area contributed by atoms with Gasteiger partial charge in [0.2, 0.25) is 0 Å². The third-order valence-corrected chi connectivity index (χ3v) is 4.10. The van der Waals surface area contributed by atoms with E-state index in [0.717, 1.165) is 6.92 Å². The van der Waals surface area contributed by atoms with Crippen LogP contribution in [-0.2, 0) is 38.0 Å². The minimum atomic E-state index is -5.88. The monoisotopic (exact) mass is 364 g/mol. The Labute approximate surface area is 129 Å². The molecule has 0 bridgehead atoms. The normalized spacial score (nSPS) is 33.5. The topological polar surface area (TPSA) is 97.4 Å². The molecule has 0 saturated carbocycles. The summed E-state index contributed by atoms with van der Waals surface area (Å²) < 4.78 is 84.8. The minimum Gasteiger partial charge on any atom is -0.463 e. The quantitative estimate of drug-likeness (QED) is 0.408. The van der Waals surface area contributed by atoms with Gasteiger partial charge in [0.05, 0.1) is 0 Å². The lowest BCUT2D eigenvalue weighted by molar-refractivity contribution is -0.218. The second kappa shape index (κ2) is 5.84. The minimum absolute atomic E-state index is 0.506. The maximum absolute atomic E-state index is 12.5. The zero-order valence-electron chi connectivity index (χ0n) is 12.3. The summed E-state index contributed by atoms with van der Waals surface area (Å²) >= 11 is 0. The molecule has 0 aromatic rings. The first-order valence-corrected chi connectivity index (χ1v) is 7.87. The van der Waals surface area contributed by atoms with Gasteiger partial charge in [0.25, 0.3) is 0 Å². The largest absolute Gasteiger partial charge is 0.523 e. The molecule has 0 aliphatic carbocycles. The number of ether oxygens (including phenoxy) is 4. The van der Waals surface area contributed by atoms with Crippen molar-refractivity contribution < 1.29 is 49.5 Å². The number of fused-ring (bicyclic) bond motifs is 1. The van der Waals surface area contributed by atoms with Crippen molar-refractivity contribution in [2.45, 2.75) is 56.7 Å². The predicted molar refractivity (Wildman–Crippen MR) is 65.2 cm³/mol. The van der Waals surface area contributed by atoms with Gasteiger partial charge < -0.3 is 18.9 Å². The lowest BCUT2D eigenvalue weighted by Crippen LogP contribution is -2.43. The smallest absolute Gasteiger partial charge is 0.463 e. The standard InChI is InChI=1S/C11H15F3O8S/c1-5(15)18-4-6-7(22-23(16,17)11(12,13)14)8-9(19-6)21-10(2,3)20-8/h6-9H,4H2,1-3H3/t6?,7-,8-,9-/m1/s1. The molecular weight excluding hydrogens is 349 g/mol. The maximum atomic E-state index is 12.5. The number of halogens is 3. The fraction of sp³-hybridized carbons (Fsp3) is 0.909. The number of esters is 1. The Bertz CT molecular complexity index is 572. The lowest BCUT2D eigenvalue weighted by Gasteiger charge is -2.25. The van der Waals surface area contributed by atoms with E-state index in [-0.39, 0.29) is 0 Å². The highest BCUT2D eigenvalue weighted by Gasteiger charge is 2.59. The van der Waals surface area contributed by atoms with Crippen molar-refractivity contribution in [1.82, 2.24) is 0 Å². The summed E-state index contributed by atoms with van der Waals surface area (Å²) in [5.74, 6) is -1.91. The van der Waals surface area contributed by atoms with Gasteiger partial charge in [0.15, 0.2) is 12.1 Å². The molecule has 0 radical (unpaired) electrons. The van der Waals surface area contributed by atoms with E-state index in [0.29, 0.717) is 0 Å². The summed E-state index contributed by atoms with van der Waals surface area (Å²) in [5.41, 5.74) is -5.61. The van der Waals surface area contributed by atoms with Crippen LogP contribution in [0.3, 0.4) is 0 Å². The highest BCUT2D eigenvalue weighted by Crippen LogP contribution is 2.40. The molecule has 2 aliphatic heterocycles. The van der Waals surface area contributed by atoms with Crippen molar-refractivity contribution in [1.29, 1.82) is 0 Å². The highest BCUT2D eigenvalue weighted by molar-refractivity contribution is 7.87. The summed E-state index contributed by atoms with van der Waals surface area (Å²) in [7, 11) is -5.88. The van der Waals surface area contributed by atoms with Gasteiger partial charge in [-0.2, -0.15) is 21.6 Å². The van der Waals surface area contributed by atoms with Crippen LogP contribution in [0.1, 0.15) is 20.8 Å². The van der Waals surface area contributed by atoms with Crippen LogP contribution >= 0.6 is 0 Å². The molecule has 0 aromatic heterocycles. The highest BCUT2D eigenvalue weighted by atomic mass is 32.2. The fourth-order valence-electron chi connectivity index (χ4n) is 2.20. The average molecular weight is 364 g/mol. The molecule has 12 heteroatoms. The van der Waals surface area contributed by atoms with E-state index >= 15 is 0 Å². The van der Waals surface area contributed by atoms with Crippen molar-refractivity contribution in [3.63, 3.8) is 0 Å². The number of alkyl halides is 3. The fourth-order valence-corrected chi connectivity index (χ4v) is 2.83. The Balaban J connectivity index is 2.20. The number of carbonyl (C=O) groups excluding carboxylic acids is 1. The molecule has 0 N–H and O–H groups in total. The Morgan fingerprint density at radius 2 is 1.87 bits per heavy atom. The van der Waals surface area contributed by atoms with Crippen LogP contribution in [0.2, 0.25) is 0 Å². The van der Waals surface area contributed by atoms with E-state index in [1.54, 1.807) is 0 Å². The van der Waals surface area contributed by atoms with E-state index in [9.17, 15) is 26.4 Å². The van der Waals surface area contributed by atoms with E-state index < -0.39 is 58.6 Å². The van der Waals surface area contributed by atoms with Crippen molar-refractivity contribution >= 4 is 16.1 Å². The average Bonchev–Trinajstić information content (AvgIpc) is 2.79. The molecule has 1 unspecified atom stereocenters. The summed E-state index contributed by atoms with van der Waals surface area (Å²) in [6.07, 6.45) is -5.32. The van der Waals surface area contributed by atoms with Gasteiger partial charge >= 0.3 is 21.6 Å². The van der Waals surface area contributed by atoms with Crippen molar-refractivity contribution in [3.8, 4) is 0 Å². The van der Waals surface area contributed by atoms with Crippen LogP contribution in [0.15, 0.2) is 0 Å². The third-order valence-electron chi connectivity index (χ3n) is 3.06. The van der Waals surface area contributed by atoms with Gasteiger partial charge in [0, 0.05) is 6.92 Å². The predicted octanol–water partition coefficient (Wildman–Crippen LogP) is 0.661. The summed E-state index contributed by atoms with van der Waals surface area (Å²) in [6.45, 7) is 3.53. The van der Waals surface area contributed by atoms with Gasteiger partial charge in [-0.3, -0.25) is 8.98 Å². The molecule has 0 spiro atoms. The zero-order chi connectivity index (χ0) is 17.6. The van der Waals surface area contributed by atoms with Crippen LogP contribution in [0, 0.1) is 0 Å². The van der Waals surface area contributed by atoms with Gasteiger partial charge in [-0.05, 0) is 13.8 Å². The summed E-state index contributed by atoms with van der Waals surface area (Å²) in [6, 6.07) is 0. The first-order chi connectivity index (χ1) is 10.3. The lowest BCUT2D eigenvalue weighted by atomic mass is 10.1. The van der Waals surface area contributed by atoms with Crippen LogP contribution in [0.5, 0.6) is 0 Å². The Morgan fingerprint density at radius 1 is 1.26 bits per heavy atom. The molecule has 2 heterocycles.